The molecule has 1 aliphatic rings. The number of hydrogen-bond acceptors (Lipinski definition) is 3. The first-order chi connectivity index (χ1) is 12.7. The Morgan fingerprint density at radius 3 is 2.63 bits per heavy atom. The Balaban J connectivity index is 1.82. The van der Waals surface area contributed by atoms with Gasteiger partial charge in [0, 0.05) is 23.2 Å². The van der Waals surface area contributed by atoms with Crippen LogP contribution in [0, 0.1) is 11.2 Å². The lowest BCUT2D eigenvalue weighted by molar-refractivity contribution is -0.256. The maximum absolute atomic E-state index is 13.9. The standard InChI is InChI=1S/C18H20ClF4N3O/c1-24-9-14-8-16(27-10-12-7-13(19)3-4-15(12)20)26(25-14)11-17(5-2-6-17)18(21,22)23/h3-4,7-8,24H,2,5-6,9-11H2,1H3. The second-order valence-electron chi connectivity index (χ2n) is 6.82. The molecule has 4 nitrogen and oxygen atoms in total. The fourth-order valence-electron chi connectivity index (χ4n) is 3.17. The van der Waals surface area contributed by atoms with Crippen LogP contribution in [0.15, 0.2) is 24.3 Å². The third-order valence-electron chi connectivity index (χ3n) is 4.90. The molecule has 9 heteroatoms. The van der Waals surface area contributed by atoms with E-state index in [1.807, 2.05) is 0 Å². The Labute approximate surface area is 159 Å². The van der Waals surface area contributed by atoms with E-state index < -0.39 is 17.4 Å². The number of nitrogens with zero attached hydrogens (tertiary/aromatic N) is 2. The highest BCUT2D eigenvalue weighted by atomic mass is 35.5. The van der Waals surface area contributed by atoms with Crippen molar-refractivity contribution in [2.24, 2.45) is 5.41 Å². The van der Waals surface area contributed by atoms with Crippen LogP contribution in [0.1, 0.15) is 30.5 Å². The minimum atomic E-state index is -4.31. The normalized spacial score (nSPS) is 16.2. The van der Waals surface area contributed by atoms with Gasteiger partial charge in [-0.05, 0) is 38.1 Å². The van der Waals surface area contributed by atoms with E-state index in [4.69, 9.17) is 16.3 Å². The molecule has 1 aliphatic carbocycles. The highest BCUT2D eigenvalue weighted by Gasteiger charge is 2.58. The summed E-state index contributed by atoms with van der Waals surface area (Å²) in [4.78, 5) is 0. The maximum Gasteiger partial charge on any atom is 0.396 e. The van der Waals surface area contributed by atoms with Gasteiger partial charge < -0.3 is 10.1 Å². The van der Waals surface area contributed by atoms with Gasteiger partial charge in [-0.2, -0.15) is 18.3 Å². The average Bonchev–Trinajstić information content (AvgIpc) is 2.92. The molecule has 0 unspecified atom stereocenters. The van der Waals surface area contributed by atoms with Gasteiger partial charge in [0.05, 0.1) is 17.7 Å². The number of nitrogens with one attached hydrogen (secondary N) is 1. The SMILES string of the molecule is CNCc1cc(OCc2cc(Cl)ccc2F)n(CC2(C(F)(F)F)CCC2)n1. The van der Waals surface area contributed by atoms with Crippen LogP contribution in [0.4, 0.5) is 17.6 Å². The Bertz CT molecular complexity index is 802. The van der Waals surface area contributed by atoms with Crippen molar-refractivity contribution in [2.75, 3.05) is 7.05 Å². The van der Waals surface area contributed by atoms with Gasteiger partial charge in [-0.15, -0.1) is 0 Å². The van der Waals surface area contributed by atoms with Gasteiger partial charge in [0.2, 0.25) is 5.88 Å². The molecule has 27 heavy (non-hydrogen) atoms. The second-order valence-corrected chi connectivity index (χ2v) is 7.25. The summed E-state index contributed by atoms with van der Waals surface area (Å²) in [7, 11) is 1.71. The summed E-state index contributed by atoms with van der Waals surface area (Å²) in [5.41, 5.74) is -1.01. The Hall–Kier alpha value is -1.80. The summed E-state index contributed by atoms with van der Waals surface area (Å²) < 4.78 is 61.3. The number of ether oxygens (including phenoxy) is 1. The lowest BCUT2D eigenvalue weighted by Crippen LogP contribution is -2.47. The van der Waals surface area contributed by atoms with Gasteiger partial charge in [0.15, 0.2) is 0 Å². The van der Waals surface area contributed by atoms with Gasteiger partial charge in [-0.3, -0.25) is 0 Å². The van der Waals surface area contributed by atoms with Gasteiger partial charge >= 0.3 is 6.18 Å². The first-order valence-electron chi connectivity index (χ1n) is 8.59. The molecule has 0 amide bonds. The number of hydrogen-bond donors (Lipinski definition) is 1. The third-order valence-corrected chi connectivity index (χ3v) is 5.13. The van der Waals surface area contributed by atoms with Gasteiger partial charge in [0.1, 0.15) is 12.4 Å². The molecule has 0 radical (unpaired) electrons. The molecule has 1 N–H and O–H groups in total. The average molecular weight is 406 g/mol. The molecule has 1 aromatic carbocycles. The number of benzene rings is 1. The van der Waals surface area contributed by atoms with E-state index in [-0.39, 0.29) is 37.4 Å². The van der Waals surface area contributed by atoms with Gasteiger partial charge in [-0.25, -0.2) is 9.07 Å². The first-order valence-corrected chi connectivity index (χ1v) is 8.97. The largest absolute Gasteiger partial charge is 0.473 e. The monoisotopic (exact) mass is 405 g/mol. The summed E-state index contributed by atoms with van der Waals surface area (Å²) in [6.45, 7) is -0.0857. The first kappa shape index (κ1) is 19.9. The van der Waals surface area contributed by atoms with Crippen molar-refractivity contribution in [1.82, 2.24) is 15.1 Å². The smallest absolute Gasteiger partial charge is 0.396 e. The van der Waals surface area contributed by atoms with Crippen molar-refractivity contribution < 1.29 is 22.3 Å². The van der Waals surface area contributed by atoms with E-state index >= 15 is 0 Å². The van der Waals surface area contributed by atoms with Crippen LogP contribution in [0.5, 0.6) is 5.88 Å². The number of halogens is 5. The Morgan fingerprint density at radius 1 is 1.30 bits per heavy atom. The van der Waals surface area contributed by atoms with Gasteiger partial charge in [-0.1, -0.05) is 18.0 Å². The lowest BCUT2D eigenvalue weighted by Gasteiger charge is -2.43. The molecule has 0 spiro atoms. The van der Waals surface area contributed by atoms with E-state index in [1.165, 1.54) is 22.9 Å². The number of rotatable bonds is 7. The van der Waals surface area contributed by atoms with Crippen LogP contribution in [0.25, 0.3) is 0 Å². The van der Waals surface area contributed by atoms with Crippen molar-refractivity contribution in [3.05, 3.63) is 46.4 Å². The van der Waals surface area contributed by atoms with Crippen LogP contribution in [-0.2, 0) is 19.7 Å². The van der Waals surface area contributed by atoms with Crippen LogP contribution in [0.3, 0.4) is 0 Å². The molecule has 3 rings (SSSR count). The summed E-state index contributed by atoms with van der Waals surface area (Å²) in [6.07, 6.45) is -3.63. The van der Waals surface area contributed by atoms with Crippen LogP contribution >= 0.6 is 11.6 Å². The molecule has 0 aliphatic heterocycles. The topological polar surface area (TPSA) is 39.1 Å². The summed E-state index contributed by atoms with van der Waals surface area (Å²) in [6, 6.07) is 5.63. The Morgan fingerprint density at radius 2 is 2.04 bits per heavy atom. The molecule has 2 aromatic rings. The fourth-order valence-corrected chi connectivity index (χ4v) is 3.37. The van der Waals surface area contributed by atoms with Crippen LogP contribution < -0.4 is 10.1 Å². The van der Waals surface area contributed by atoms with Crippen molar-refractivity contribution in [3.63, 3.8) is 0 Å². The van der Waals surface area contributed by atoms with Gasteiger partial charge in [0.25, 0.3) is 0 Å². The minimum Gasteiger partial charge on any atom is -0.473 e. The molecule has 1 fully saturated rings. The predicted molar refractivity (Wildman–Crippen MR) is 93.1 cm³/mol. The van der Waals surface area contributed by atoms with Crippen molar-refractivity contribution in [3.8, 4) is 5.88 Å². The van der Waals surface area contributed by atoms with E-state index in [0.29, 0.717) is 23.7 Å². The van der Waals surface area contributed by atoms with Crippen LogP contribution in [-0.4, -0.2) is 23.0 Å². The molecule has 148 valence electrons. The lowest BCUT2D eigenvalue weighted by atomic mass is 9.68. The minimum absolute atomic E-state index is 0.0695. The molecule has 0 bridgehead atoms. The summed E-state index contributed by atoms with van der Waals surface area (Å²) >= 11 is 5.87. The second kappa shape index (κ2) is 7.67. The zero-order valence-electron chi connectivity index (χ0n) is 14.7. The zero-order chi connectivity index (χ0) is 19.7. The molecular formula is C18H20ClF4N3O. The molecule has 0 saturated heterocycles. The van der Waals surface area contributed by atoms with Crippen molar-refractivity contribution in [2.45, 2.75) is 45.1 Å². The predicted octanol–water partition coefficient (Wildman–Crippen LogP) is 4.71. The maximum atomic E-state index is 13.9. The highest BCUT2D eigenvalue weighted by molar-refractivity contribution is 6.30. The molecular weight excluding hydrogens is 386 g/mol. The molecule has 0 atom stereocenters. The molecule has 1 aromatic heterocycles. The van der Waals surface area contributed by atoms with E-state index in [9.17, 15) is 17.6 Å². The zero-order valence-corrected chi connectivity index (χ0v) is 15.5. The summed E-state index contributed by atoms with van der Waals surface area (Å²) in [5.74, 6) is -0.318. The van der Waals surface area contributed by atoms with E-state index in [1.54, 1.807) is 13.1 Å². The van der Waals surface area contributed by atoms with E-state index in [0.717, 1.165) is 0 Å². The third kappa shape index (κ3) is 4.21. The molecule has 1 saturated carbocycles. The summed E-state index contributed by atoms with van der Waals surface area (Å²) in [5, 5.41) is 7.50. The van der Waals surface area contributed by atoms with Crippen molar-refractivity contribution in [1.29, 1.82) is 0 Å². The number of aromatic nitrogens is 2. The van der Waals surface area contributed by atoms with E-state index in [2.05, 4.69) is 10.4 Å². The van der Waals surface area contributed by atoms with Crippen molar-refractivity contribution >= 4 is 11.6 Å². The molecule has 1 heterocycles. The van der Waals surface area contributed by atoms with Crippen LogP contribution in [0.2, 0.25) is 5.02 Å². The Kier molecular flexibility index (Phi) is 5.67. The fraction of sp³-hybridized carbons (Fsp3) is 0.500. The highest BCUT2D eigenvalue weighted by Crippen LogP contribution is 2.54. The quantitative estimate of drug-likeness (QED) is 0.678. The number of alkyl halides is 3.